The van der Waals surface area contributed by atoms with Gasteiger partial charge in [0.2, 0.25) is 0 Å². The van der Waals surface area contributed by atoms with E-state index in [9.17, 15) is 4.79 Å². The smallest absolute Gasteiger partial charge is 0.309 e. The van der Waals surface area contributed by atoms with E-state index < -0.39 is 0 Å². The van der Waals surface area contributed by atoms with Crippen molar-refractivity contribution in [2.75, 3.05) is 0 Å². The third-order valence-electron chi connectivity index (χ3n) is 3.70. The number of hydrogen-bond donors (Lipinski definition) is 0. The summed E-state index contributed by atoms with van der Waals surface area (Å²) < 4.78 is 11.1. The summed E-state index contributed by atoms with van der Waals surface area (Å²) in [5.41, 5.74) is 0.106. The molecule has 3 heteroatoms. The molecule has 4 aliphatic rings. The predicted molar refractivity (Wildman–Crippen MR) is 49.6 cm³/mol. The van der Waals surface area contributed by atoms with Crippen LogP contribution in [0.4, 0.5) is 0 Å². The standard InChI is InChI=1S/C11H14O3/c1-2-3-10(12)13-8-5-11-4-7(8)9(6-11)14-11/h2,7-9H,1,3-6H2. The van der Waals surface area contributed by atoms with Crippen LogP contribution in [0.25, 0.3) is 0 Å². The lowest BCUT2D eigenvalue weighted by Crippen LogP contribution is -2.50. The minimum absolute atomic E-state index is 0.106. The summed E-state index contributed by atoms with van der Waals surface area (Å²) in [5.74, 6) is 0.331. The molecule has 4 unspecified atom stereocenters. The molecular weight excluding hydrogens is 180 g/mol. The van der Waals surface area contributed by atoms with Gasteiger partial charge in [-0.25, -0.2) is 0 Å². The molecular formula is C11H14O3. The van der Waals surface area contributed by atoms with Gasteiger partial charge in [-0.1, -0.05) is 6.08 Å². The van der Waals surface area contributed by atoms with Gasteiger partial charge in [-0.3, -0.25) is 4.79 Å². The Hall–Kier alpha value is -0.830. The van der Waals surface area contributed by atoms with Crippen molar-refractivity contribution in [1.82, 2.24) is 0 Å². The maximum absolute atomic E-state index is 11.3. The van der Waals surface area contributed by atoms with Gasteiger partial charge in [0.15, 0.2) is 0 Å². The van der Waals surface area contributed by atoms with E-state index in [-0.39, 0.29) is 17.7 Å². The molecule has 3 nitrogen and oxygen atoms in total. The molecule has 4 rings (SSSR count). The largest absolute Gasteiger partial charge is 0.462 e. The number of hydrogen-bond acceptors (Lipinski definition) is 3. The lowest BCUT2D eigenvalue weighted by molar-refractivity contribution is -0.211. The van der Waals surface area contributed by atoms with Gasteiger partial charge in [0.05, 0.1) is 18.1 Å². The molecule has 0 aromatic heterocycles. The van der Waals surface area contributed by atoms with Gasteiger partial charge >= 0.3 is 5.97 Å². The first-order chi connectivity index (χ1) is 6.72. The molecule has 0 aromatic carbocycles. The fourth-order valence-corrected chi connectivity index (χ4v) is 3.18. The number of ether oxygens (including phenoxy) is 2. The zero-order valence-electron chi connectivity index (χ0n) is 8.07. The molecule has 0 amide bonds. The highest BCUT2D eigenvalue weighted by Gasteiger charge is 2.67. The fourth-order valence-electron chi connectivity index (χ4n) is 3.18. The highest BCUT2D eigenvalue weighted by atomic mass is 16.6. The van der Waals surface area contributed by atoms with Gasteiger partial charge in [0.1, 0.15) is 6.10 Å². The van der Waals surface area contributed by atoms with Crippen LogP contribution in [-0.4, -0.2) is 23.8 Å². The summed E-state index contributed by atoms with van der Waals surface area (Å²) in [4.78, 5) is 11.3. The third-order valence-corrected chi connectivity index (χ3v) is 3.70. The van der Waals surface area contributed by atoms with Crippen molar-refractivity contribution in [1.29, 1.82) is 0 Å². The Labute approximate surface area is 83.1 Å². The molecule has 0 N–H and O–H groups in total. The predicted octanol–water partition coefficient (Wildman–Crippen LogP) is 1.43. The van der Waals surface area contributed by atoms with E-state index in [0.717, 1.165) is 12.8 Å². The molecule has 0 aromatic rings. The SMILES string of the molecule is C=CCC(=O)OC1CC23CC(O2)C1C3. The van der Waals surface area contributed by atoms with E-state index in [0.29, 0.717) is 18.4 Å². The highest BCUT2D eigenvalue weighted by molar-refractivity contribution is 5.71. The number of rotatable bonds is 3. The minimum Gasteiger partial charge on any atom is -0.462 e. The molecule has 2 aliphatic carbocycles. The van der Waals surface area contributed by atoms with Crippen molar-refractivity contribution in [3.63, 3.8) is 0 Å². The summed E-state index contributed by atoms with van der Waals surface area (Å²) in [6.45, 7) is 3.52. The van der Waals surface area contributed by atoms with Crippen LogP contribution in [0.3, 0.4) is 0 Å². The van der Waals surface area contributed by atoms with Crippen LogP contribution in [-0.2, 0) is 14.3 Å². The van der Waals surface area contributed by atoms with Gasteiger partial charge < -0.3 is 9.47 Å². The van der Waals surface area contributed by atoms with Crippen molar-refractivity contribution in [3.8, 4) is 0 Å². The van der Waals surface area contributed by atoms with Crippen LogP contribution < -0.4 is 0 Å². The first kappa shape index (κ1) is 8.48. The Balaban J connectivity index is 1.62. The van der Waals surface area contributed by atoms with E-state index in [4.69, 9.17) is 9.47 Å². The van der Waals surface area contributed by atoms with Gasteiger partial charge in [0, 0.05) is 18.8 Å². The van der Waals surface area contributed by atoms with Crippen LogP contribution in [0, 0.1) is 5.92 Å². The van der Waals surface area contributed by atoms with Crippen LogP contribution in [0.15, 0.2) is 12.7 Å². The van der Waals surface area contributed by atoms with Crippen molar-refractivity contribution >= 4 is 5.97 Å². The summed E-state index contributed by atoms with van der Waals surface area (Å²) in [7, 11) is 0. The monoisotopic (exact) mass is 194 g/mol. The van der Waals surface area contributed by atoms with Crippen molar-refractivity contribution in [3.05, 3.63) is 12.7 Å². The van der Waals surface area contributed by atoms with Crippen molar-refractivity contribution in [2.24, 2.45) is 5.92 Å². The molecule has 2 saturated carbocycles. The second-order valence-electron chi connectivity index (χ2n) is 4.64. The lowest BCUT2D eigenvalue weighted by atomic mass is 9.86. The molecule has 4 atom stereocenters. The third kappa shape index (κ3) is 0.989. The second-order valence-corrected chi connectivity index (χ2v) is 4.64. The maximum Gasteiger partial charge on any atom is 0.309 e. The summed E-state index contributed by atoms with van der Waals surface area (Å²) in [5, 5.41) is 0. The summed E-state index contributed by atoms with van der Waals surface area (Å²) in [6, 6.07) is 0. The molecule has 4 fully saturated rings. The fraction of sp³-hybridized carbons (Fsp3) is 0.727. The summed E-state index contributed by atoms with van der Waals surface area (Å²) in [6.07, 6.45) is 5.61. The van der Waals surface area contributed by atoms with Gasteiger partial charge in [0.25, 0.3) is 0 Å². The van der Waals surface area contributed by atoms with E-state index in [1.54, 1.807) is 6.08 Å². The average Bonchev–Trinajstić information content (AvgIpc) is 2.66. The molecule has 1 spiro atoms. The van der Waals surface area contributed by atoms with Crippen LogP contribution >= 0.6 is 0 Å². The first-order valence-corrected chi connectivity index (χ1v) is 5.21. The number of carbonyl (C=O) groups excluding carboxylic acids is 1. The van der Waals surface area contributed by atoms with E-state index >= 15 is 0 Å². The van der Waals surface area contributed by atoms with Gasteiger partial charge in [-0.05, 0) is 6.42 Å². The molecule has 2 aliphatic heterocycles. The van der Waals surface area contributed by atoms with Crippen LogP contribution in [0.2, 0.25) is 0 Å². The van der Waals surface area contributed by atoms with Crippen molar-refractivity contribution in [2.45, 2.75) is 43.5 Å². The Bertz CT molecular complexity index is 291. The van der Waals surface area contributed by atoms with E-state index in [1.165, 1.54) is 6.42 Å². The van der Waals surface area contributed by atoms with Gasteiger partial charge in [-0.2, -0.15) is 0 Å². The normalized spacial score (nSPS) is 47.3. The average molecular weight is 194 g/mol. The zero-order chi connectivity index (χ0) is 9.76. The Morgan fingerprint density at radius 3 is 2.86 bits per heavy atom. The summed E-state index contributed by atoms with van der Waals surface area (Å²) >= 11 is 0. The number of esters is 1. The molecule has 14 heavy (non-hydrogen) atoms. The minimum atomic E-state index is -0.145. The Morgan fingerprint density at radius 1 is 1.57 bits per heavy atom. The topological polar surface area (TPSA) is 35.5 Å². The molecule has 2 saturated heterocycles. The second kappa shape index (κ2) is 2.60. The van der Waals surface area contributed by atoms with E-state index in [2.05, 4.69) is 6.58 Å². The maximum atomic E-state index is 11.3. The van der Waals surface area contributed by atoms with Crippen molar-refractivity contribution < 1.29 is 14.3 Å². The molecule has 3 bridgehead atoms. The quantitative estimate of drug-likeness (QED) is 0.503. The highest BCUT2D eigenvalue weighted by Crippen LogP contribution is 2.61. The molecule has 0 radical (unpaired) electrons. The van der Waals surface area contributed by atoms with Crippen LogP contribution in [0.1, 0.15) is 25.7 Å². The lowest BCUT2D eigenvalue weighted by Gasteiger charge is -2.45. The van der Waals surface area contributed by atoms with Gasteiger partial charge in [-0.15, -0.1) is 6.58 Å². The van der Waals surface area contributed by atoms with Crippen LogP contribution in [0.5, 0.6) is 0 Å². The molecule has 76 valence electrons. The number of carbonyl (C=O) groups is 1. The first-order valence-electron chi connectivity index (χ1n) is 5.21. The van der Waals surface area contributed by atoms with E-state index in [1.807, 2.05) is 0 Å². The molecule has 2 heterocycles. The zero-order valence-corrected chi connectivity index (χ0v) is 8.07. The Kier molecular flexibility index (Phi) is 1.57. The Morgan fingerprint density at radius 2 is 2.36 bits per heavy atom.